The molecule has 0 saturated carbocycles. The molecule has 20 heavy (non-hydrogen) atoms. The standard InChI is InChI=1S/C12H14ClNO4S2/c1-17-8-2-4-9(5-3-8)18-12(19)14-11-7-20(15,16)6-10(11)13/h2-5,10-11H,6-7H2,1H3,(H,14,19). The summed E-state index contributed by atoms with van der Waals surface area (Å²) < 4.78 is 33.3. The van der Waals surface area contributed by atoms with Crippen molar-refractivity contribution in [1.29, 1.82) is 0 Å². The number of rotatable bonds is 3. The maximum absolute atomic E-state index is 11.4. The van der Waals surface area contributed by atoms with Crippen LogP contribution in [-0.4, -0.2) is 43.6 Å². The third-order valence-electron chi connectivity index (χ3n) is 2.86. The highest BCUT2D eigenvalue weighted by molar-refractivity contribution is 7.91. The summed E-state index contributed by atoms with van der Waals surface area (Å²) in [4.78, 5) is 0. The second-order valence-corrected chi connectivity index (χ2v) is 7.49. The van der Waals surface area contributed by atoms with Crippen LogP contribution in [0.4, 0.5) is 0 Å². The van der Waals surface area contributed by atoms with Crippen LogP contribution >= 0.6 is 23.8 Å². The Morgan fingerprint density at radius 1 is 1.30 bits per heavy atom. The fraction of sp³-hybridized carbons (Fsp3) is 0.417. The Labute approximate surface area is 128 Å². The average Bonchev–Trinajstić information content (AvgIpc) is 2.63. The van der Waals surface area contributed by atoms with Crippen molar-refractivity contribution in [1.82, 2.24) is 5.32 Å². The SMILES string of the molecule is COc1ccc(OC(=S)NC2CS(=O)(=O)CC2Cl)cc1. The minimum absolute atomic E-state index is 0.0344. The number of halogens is 1. The number of ether oxygens (including phenoxy) is 2. The van der Waals surface area contributed by atoms with Gasteiger partial charge >= 0.3 is 0 Å². The van der Waals surface area contributed by atoms with E-state index in [-0.39, 0.29) is 16.7 Å². The lowest BCUT2D eigenvalue weighted by molar-refractivity contribution is 0.413. The topological polar surface area (TPSA) is 64.6 Å². The number of benzene rings is 1. The molecule has 2 rings (SSSR count). The second kappa shape index (κ2) is 6.15. The van der Waals surface area contributed by atoms with Crippen LogP contribution in [0.15, 0.2) is 24.3 Å². The molecule has 1 fully saturated rings. The molecule has 0 aromatic heterocycles. The van der Waals surface area contributed by atoms with Crippen molar-refractivity contribution in [2.75, 3.05) is 18.6 Å². The molecule has 1 aliphatic rings. The van der Waals surface area contributed by atoms with Gasteiger partial charge in [0.1, 0.15) is 11.5 Å². The highest BCUT2D eigenvalue weighted by atomic mass is 35.5. The summed E-state index contributed by atoms with van der Waals surface area (Å²) >= 11 is 11.0. The van der Waals surface area contributed by atoms with Crippen molar-refractivity contribution >= 4 is 38.8 Å². The summed E-state index contributed by atoms with van der Waals surface area (Å²) in [6.07, 6.45) is 0. The number of sulfone groups is 1. The third-order valence-corrected chi connectivity index (χ3v) is 5.43. The highest BCUT2D eigenvalue weighted by Gasteiger charge is 2.37. The Kier molecular flexibility index (Phi) is 4.72. The minimum atomic E-state index is -3.10. The average molecular weight is 336 g/mol. The number of thiocarbonyl (C=S) groups is 1. The lowest BCUT2D eigenvalue weighted by atomic mass is 10.3. The lowest BCUT2D eigenvalue weighted by Crippen LogP contribution is -2.41. The number of nitrogens with one attached hydrogen (secondary N) is 1. The van der Waals surface area contributed by atoms with Gasteiger partial charge < -0.3 is 14.8 Å². The lowest BCUT2D eigenvalue weighted by Gasteiger charge is -2.16. The molecule has 1 saturated heterocycles. The number of alkyl halides is 1. The molecule has 0 aliphatic carbocycles. The van der Waals surface area contributed by atoms with Crippen LogP contribution in [0.25, 0.3) is 0 Å². The first kappa shape index (κ1) is 15.3. The summed E-state index contributed by atoms with van der Waals surface area (Å²) in [7, 11) is -1.53. The zero-order chi connectivity index (χ0) is 14.8. The normalized spacial score (nSPS) is 24.1. The van der Waals surface area contributed by atoms with Gasteiger partial charge in [0.05, 0.1) is 30.0 Å². The van der Waals surface area contributed by atoms with E-state index in [1.165, 1.54) is 0 Å². The van der Waals surface area contributed by atoms with Crippen LogP contribution in [0.1, 0.15) is 0 Å². The van der Waals surface area contributed by atoms with Gasteiger partial charge in [0.2, 0.25) is 0 Å². The summed E-state index contributed by atoms with van der Waals surface area (Å²) in [6, 6.07) is 6.46. The van der Waals surface area contributed by atoms with E-state index in [1.54, 1.807) is 31.4 Å². The predicted molar refractivity (Wildman–Crippen MR) is 81.4 cm³/mol. The largest absolute Gasteiger partial charge is 0.497 e. The van der Waals surface area contributed by atoms with E-state index in [0.717, 1.165) is 0 Å². The van der Waals surface area contributed by atoms with Crippen LogP contribution < -0.4 is 14.8 Å². The molecule has 1 aromatic rings. The first-order valence-electron chi connectivity index (χ1n) is 5.86. The van der Waals surface area contributed by atoms with Crippen LogP contribution in [0.2, 0.25) is 0 Å². The molecular formula is C12H14ClNO4S2. The maximum Gasteiger partial charge on any atom is 0.262 e. The van der Waals surface area contributed by atoms with E-state index in [1.807, 2.05) is 0 Å². The van der Waals surface area contributed by atoms with Crippen LogP contribution in [-0.2, 0) is 9.84 Å². The molecular weight excluding hydrogens is 322 g/mol. The van der Waals surface area contributed by atoms with Gasteiger partial charge in [0.25, 0.3) is 5.17 Å². The molecule has 0 bridgehead atoms. The molecule has 1 aromatic carbocycles. The zero-order valence-corrected chi connectivity index (χ0v) is 13.1. The quantitative estimate of drug-likeness (QED) is 0.664. The monoisotopic (exact) mass is 335 g/mol. The van der Waals surface area contributed by atoms with Gasteiger partial charge in [-0.1, -0.05) is 0 Å². The summed E-state index contributed by atoms with van der Waals surface area (Å²) in [5.41, 5.74) is 0. The Bertz CT molecular complexity index is 588. The van der Waals surface area contributed by atoms with E-state index in [4.69, 9.17) is 33.3 Å². The van der Waals surface area contributed by atoms with E-state index < -0.39 is 21.3 Å². The third kappa shape index (κ3) is 3.97. The fourth-order valence-corrected chi connectivity index (χ4v) is 4.67. The van der Waals surface area contributed by atoms with Crippen molar-refractivity contribution in [3.05, 3.63) is 24.3 Å². The molecule has 1 aliphatic heterocycles. The fourth-order valence-electron chi connectivity index (χ4n) is 1.87. The molecule has 2 unspecified atom stereocenters. The van der Waals surface area contributed by atoms with Gasteiger partial charge in [0.15, 0.2) is 9.84 Å². The minimum Gasteiger partial charge on any atom is -0.497 e. The molecule has 0 radical (unpaired) electrons. The van der Waals surface area contributed by atoms with Crippen LogP contribution in [0.5, 0.6) is 11.5 Å². The van der Waals surface area contributed by atoms with Crippen molar-refractivity contribution < 1.29 is 17.9 Å². The van der Waals surface area contributed by atoms with Crippen LogP contribution in [0, 0.1) is 0 Å². The number of methoxy groups -OCH3 is 1. The Morgan fingerprint density at radius 2 is 1.90 bits per heavy atom. The van der Waals surface area contributed by atoms with Crippen LogP contribution in [0.3, 0.4) is 0 Å². The smallest absolute Gasteiger partial charge is 0.262 e. The van der Waals surface area contributed by atoms with E-state index >= 15 is 0 Å². The molecule has 2 atom stereocenters. The molecule has 110 valence electrons. The molecule has 0 amide bonds. The Balaban J connectivity index is 1.92. The van der Waals surface area contributed by atoms with Gasteiger partial charge in [-0.15, -0.1) is 11.6 Å². The van der Waals surface area contributed by atoms with Gasteiger partial charge in [-0.05, 0) is 36.5 Å². The van der Waals surface area contributed by atoms with Gasteiger partial charge in [-0.2, -0.15) is 0 Å². The van der Waals surface area contributed by atoms with E-state index in [0.29, 0.717) is 11.5 Å². The highest BCUT2D eigenvalue weighted by Crippen LogP contribution is 2.20. The predicted octanol–water partition coefficient (Wildman–Crippen LogP) is 1.35. The van der Waals surface area contributed by atoms with Gasteiger partial charge in [-0.25, -0.2) is 8.42 Å². The Morgan fingerprint density at radius 3 is 2.40 bits per heavy atom. The van der Waals surface area contributed by atoms with Gasteiger partial charge in [0, 0.05) is 0 Å². The van der Waals surface area contributed by atoms with Crippen molar-refractivity contribution in [2.45, 2.75) is 11.4 Å². The first-order valence-corrected chi connectivity index (χ1v) is 8.53. The second-order valence-electron chi connectivity index (χ2n) is 4.41. The molecule has 1 heterocycles. The van der Waals surface area contributed by atoms with E-state index in [9.17, 15) is 8.42 Å². The van der Waals surface area contributed by atoms with E-state index in [2.05, 4.69) is 5.32 Å². The number of hydrogen-bond acceptors (Lipinski definition) is 5. The molecule has 8 heteroatoms. The first-order chi connectivity index (χ1) is 9.39. The van der Waals surface area contributed by atoms with Crippen molar-refractivity contribution in [2.24, 2.45) is 0 Å². The Hall–Kier alpha value is -1.05. The number of hydrogen-bond donors (Lipinski definition) is 1. The summed E-state index contributed by atoms with van der Waals surface area (Å²) in [5, 5.41) is 2.43. The molecule has 5 nitrogen and oxygen atoms in total. The molecule has 0 spiro atoms. The summed E-state index contributed by atoms with van der Waals surface area (Å²) in [6.45, 7) is 0. The van der Waals surface area contributed by atoms with Gasteiger partial charge in [-0.3, -0.25) is 0 Å². The maximum atomic E-state index is 11.4. The zero-order valence-electron chi connectivity index (χ0n) is 10.7. The van der Waals surface area contributed by atoms with Crippen molar-refractivity contribution in [3.8, 4) is 11.5 Å². The molecule has 1 N–H and O–H groups in total. The van der Waals surface area contributed by atoms with Crippen molar-refractivity contribution in [3.63, 3.8) is 0 Å². The summed E-state index contributed by atoms with van der Waals surface area (Å²) in [5.74, 6) is 1.17.